The number of para-hydroxylation sites is 1. The van der Waals surface area contributed by atoms with Gasteiger partial charge in [-0.15, -0.1) is 0 Å². The smallest absolute Gasteiger partial charge is 0.146 e. The Morgan fingerprint density at radius 2 is 1.72 bits per heavy atom. The second kappa shape index (κ2) is 8.92. The summed E-state index contributed by atoms with van der Waals surface area (Å²) in [6.07, 6.45) is 5.87. The first-order valence-corrected chi connectivity index (χ1v) is 6.99. The van der Waals surface area contributed by atoms with Crippen molar-refractivity contribution in [2.45, 2.75) is 39.0 Å². The summed E-state index contributed by atoms with van der Waals surface area (Å²) < 4.78 is 13.6. The molecule has 0 heterocycles. The highest BCUT2D eigenvalue weighted by atomic mass is 19.1. The molecule has 0 unspecified atom stereocenters. The summed E-state index contributed by atoms with van der Waals surface area (Å²) in [5.74, 6) is -0.123. The van der Waals surface area contributed by atoms with E-state index in [1.54, 1.807) is 6.07 Å². The summed E-state index contributed by atoms with van der Waals surface area (Å²) in [5.41, 5.74) is 6.18. The third-order valence-electron chi connectivity index (χ3n) is 3.21. The van der Waals surface area contributed by atoms with E-state index in [0.717, 1.165) is 38.2 Å². The largest absolute Gasteiger partial charge is 0.369 e. The van der Waals surface area contributed by atoms with E-state index in [2.05, 4.69) is 11.8 Å². The Hall–Kier alpha value is -1.09. The average Bonchev–Trinajstić information content (AvgIpc) is 2.39. The van der Waals surface area contributed by atoms with Gasteiger partial charge in [-0.3, -0.25) is 0 Å². The fourth-order valence-electron chi connectivity index (χ4n) is 2.13. The van der Waals surface area contributed by atoms with E-state index in [1.165, 1.54) is 25.3 Å². The number of hydrogen-bond donors (Lipinski definition) is 1. The molecule has 0 saturated carbocycles. The molecule has 0 aliphatic carbocycles. The Labute approximate surface area is 110 Å². The molecule has 102 valence electrons. The molecule has 0 radical (unpaired) electrons. The zero-order valence-corrected chi connectivity index (χ0v) is 11.4. The van der Waals surface area contributed by atoms with Gasteiger partial charge in [-0.05, 0) is 38.4 Å². The minimum absolute atomic E-state index is 0.123. The maximum atomic E-state index is 13.6. The van der Waals surface area contributed by atoms with Crippen molar-refractivity contribution in [1.29, 1.82) is 0 Å². The Morgan fingerprint density at radius 3 is 2.39 bits per heavy atom. The van der Waals surface area contributed by atoms with Crippen LogP contribution in [0.3, 0.4) is 0 Å². The zero-order chi connectivity index (χ0) is 13.2. The van der Waals surface area contributed by atoms with Crippen molar-refractivity contribution in [2.75, 3.05) is 24.5 Å². The maximum Gasteiger partial charge on any atom is 0.146 e. The van der Waals surface area contributed by atoms with Gasteiger partial charge < -0.3 is 10.6 Å². The van der Waals surface area contributed by atoms with Crippen LogP contribution in [0.25, 0.3) is 0 Å². The molecule has 1 aromatic rings. The van der Waals surface area contributed by atoms with Crippen molar-refractivity contribution in [2.24, 2.45) is 5.73 Å². The normalized spacial score (nSPS) is 10.6. The van der Waals surface area contributed by atoms with Crippen LogP contribution in [0.2, 0.25) is 0 Å². The third kappa shape index (κ3) is 5.05. The summed E-state index contributed by atoms with van der Waals surface area (Å²) in [6, 6.07) is 7.01. The van der Waals surface area contributed by atoms with Gasteiger partial charge in [0.15, 0.2) is 0 Å². The highest BCUT2D eigenvalue weighted by Gasteiger charge is 2.08. The number of anilines is 1. The van der Waals surface area contributed by atoms with Crippen molar-refractivity contribution in [3.8, 4) is 0 Å². The van der Waals surface area contributed by atoms with Crippen LogP contribution in [0.1, 0.15) is 39.0 Å². The van der Waals surface area contributed by atoms with E-state index in [0.29, 0.717) is 0 Å². The summed E-state index contributed by atoms with van der Waals surface area (Å²) in [5, 5.41) is 0. The van der Waals surface area contributed by atoms with E-state index < -0.39 is 0 Å². The Bertz CT molecular complexity index is 328. The molecule has 0 aromatic heterocycles. The van der Waals surface area contributed by atoms with E-state index in [9.17, 15) is 4.39 Å². The average molecular weight is 252 g/mol. The number of halogens is 1. The summed E-state index contributed by atoms with van der Waals surface area (Å²) >= 11 is 0. The quantitative estimate of drug-likeness (QED) is 0.681. The number of rotatable bonds is 9. The third-order valence-corrected chi connectivity index (χ3v) is 3.21. The highest BCUT2D eigenvalue weighted by Crippen LogP contribution is 2.19. The standard InChI is InChI=1S/C15H25FN2/c1-2-18(13-9-5-3-4-8-12-17)15-11-7-6-10-14(15)16/h6-7,10-11H,2-5,8-9,12-13,17H2,1H3. The molecular weight excluding hydrogens is 227 g/mol. The molecule has 0 spiro atoms. The fraction of sp³-hybridized carbons (Fsp3) is 0.600. The molecule has 1 aromatic carbocycles. The van der Waals surface area contributed by atoms with Crippen molar-refractivity contribution < 1.29 is 4.39 Å². The van der Waals surface area contributed by atoms with E-state index in [4.69, 9.17) is 5.73 Å². The summed E-state index contributed by atoms with van der Waals surface area (Å²) in [4.78, 5) is 2.11. The predicted octanol–water partition coefficient (Wildman–Crippen LogP) is 3.56. The summed E-state index contributed by atoms with van der Waals surface area (Å²) in [7, 11) is 0. The summed E-state index contributed by atoms with van der Waals surface area (Å²) in [6.45, 7) is 4.64. The molecule has 18 heavy (non-hydrogen) atoms. The van der Waals surface area contributed by atoms with Crippen LogP contribution in [0.4, 0.5) is 10.1 Å². The minimum Gasteiger partial charge on any atom is -0.369 e. The first-order valence-electron chi connectivity index (χ1n) is 6.99. The van der Waals surface area contributed by atoms with Crippen LogP contribution >= 0.6 is 0 Å². The number of unbranched alkanes of at least 4 members (excludes halogenated alkanes) is 4. The van der Waals surface area contributed by atoms with Crippen LogP contribution in [0, 0.1) is 5.82 Å². The van der Waals surface area contributed by atoms with Gasteiger partial charge in [0.25, 0.3) is 0 Å². The van der Waals surface area contributed by atoms with Gasteiger partial charge in [-0.2, -0.15) is 0 Å². The number of benzene rings is 1. The Morgan fingerprint density at radius 1 is 1.06 bits per heavy atom. The highest BCUT2D eigenvalue weighted by molar-refractivity contribution is 5.47. The van der Waals surface area contributed by atoms with Crippen LogP contribution < -0.4 is 10.6 Å². The van der Waals surface area contributed by atoms with Crippen molar-refractivity contribution in [1.82, 2.24) is 0 Å². The van der Waals surface area contributed by atoms with Crippen molar-refractivity contribution in [3.05, 3.63) is 30.1 Å². The maximum absolute atomic E-state index is 13.6. The monoisotopic (exact) mass is 252 g/mol. The number of hydrogen-bond acceptors (Lipinski definition) is 2. The van der Waals surface area contributed by atoms with Crippen molar-refractivity contribution in [3.63, 3.8) is 0 Å². The Balaban J connectivity index is 2.32. The molecule has 0 saturated heterocycles. The van der Waals surface area contributed by atoms with Crippen LogP contribution in [-0.4, -0.2) is 19.6 Å². The van der Waals surface area contributed by atoms with Crippen LogP contribution in [-0.2, 0) is 0 Å². The fourth-order valence-corrected chi connectivity index (χ4v) is 2.13. The second-order valence-electron chi connectivity index (χ2n) is 4.59. The Kier molecular flexibility index (Phi) is 7.42. The SMILES string of the molecule is CCN(CCCCCCCN)c1ccccc1F. The lowest BCUT2D eigenvalue weighted by Gasteiger charge is -2.23. The molecule has 0 atom stereocenters. The van der Waals surface area contributed by atoms with Crippen LogP contribution in [0.15, 0.2) is 24.3 Å². The molecule has 1 rings (SSSR count). The predicted molar refractivity (Wildman–Crippen MR) is 76.4 cm³/mol. The molecule has 0 aliphatic rings. The van der Waals surface area contributed by atoms with Crippen molar-refractivity contribution >= 4 is 5.69 Å². The van der Waals surface area contributed by atoms with Gasteiger partial charge in [0, 0.05) is 13.1 Å². The molecule has 0 bridgehead atoms. The molecule has 2 N–H and O–H groups in total. The van der Waals surface area contributed by atoms with E-state index in [1.807, 2.05) is 12.1 Å². The van der Waals surface area contributed by atoms with Gasteiger partial charge in [0.2, 0.25) is 0 Å². The first-order chi connectivity index (χ1) is 8.79. The minimum atomic E-state index is -0.123. The van der Waals surface area contributed by atoms with Gasteiger partial charge in [-0.1, -0.05) is 31.4 Å². The zero-order valence-electron chi connectivity index (χ0n) is 11.4. The lowest BCUT2D eigenvalue weighted by molar-refractivity contribution is 0.593. The lowest BCUT2D eigenvalue weighted by atomic mass is 10.1. The molecule has 0 amide bonds. The number of nitrogens with zero attached hydrogens (tertiary/aromatic N) is 1. The lowest BCUT2D eigenvalue weighted by Crippen LogP contribution is -2.24. The van der Waals surface area contributed by atoms with Crippen LogP contribution in [0.5, 0.6) is 0 Å². The second-order valence-corrected chi connectivity index (χ2v) is 4.59. The van der Waals surface area contributed by atoms with Gasteiger partial charge in [0.1, 0.15) is 5.82 Å². The van der Waals surface area contributed by atoms with E-state index in [-0.39, 0.29) is 5.82 Å². The van der Waals surface area contributed by atoms with Gasteiger partial charge in [0.05, 0.1) is 5.69 Å². The molecular formula is C15H25FN2. The molecule has 3 heteroatoms. The number of nitrogens with two attached hydrogens (primary N) is 1. The van der Waals surface area contributed by atoms with Gasteiger partial charge >= 0.3 is 0 Å². The molecule has 2 nitrogen and oxygen atoms in total. The molecule has 0 aliphatic heterocycles. The van der Waals surface area contributed by atoms with E-state index >= 15 is 0 Å². The topological polar surface area (TPSA) is 29.3 Å². The first kappa shape index (κ1) is 15.0. The van der Waals surface area contributed by atoms with Gasteiger partial charge in [-0.25, -0.2) is 4.39 Å². The molecule has 0 fully saturated rings.